The van der Waals surface area contributed by atoms with Gasteiger partial charge in [-0.2, -0.15) is 11.3 Å². The van der Waals surface area contributed by atoms with Gasteiger partial charge >= 0.3 is 0 Å². The highest BCUT2D eigenvalue weighted by molar-refractivity contribution is 7.07. The summed E-state index contributed by atoms with van der Waals surface area (Å²) in [4.78, 5) is 17.0. The first-order valence-electron chi connectivity index (χ1n) is 8.32. The van der Waals surface area contributed by atoms with Crippen LogP contribution in [0.2, 0.25) is 0 Å². The van der Waals surface area contributed by atoms with E-state index in [2.05, 4.69) is 26.6 Å². The van der Waals surface area contributed by atoms with Gasteiger partial charge in [0, 0.05) is 26.1 Å². The highest BCUT2D eigenvalue weighted by atomic mass is 32.1. The van der Waals surface area contributed by atoms with Crippen LogP contribution in [0.1, 0.15) is 37.7 Å². The Bertz CT molecular complexity index is 440. The third-order valence-corrected chi connectivity index (χ3v) is 5.54. The van der Waals surface area contributed by atoms with Crippen LogP contribution in [0.4, 0.5) is 0 Å². The first kappa shape index (κ1) is 15.0. The van der Waals surface area contributed by atoms with Crippen molar-refractivity contribution in [2.45, 2.75) is 38.5 Å². The van der Waals surface area contributed by atoms with E-state index in [9.17, 15) is 4.79 Å². The molecule has 1 amide bonds. The molecule has 0 aromatic carbocycles. The van der Waals surface area contributed by atoms with E-state index in [0.717, 1.165) is 19.5 Å². The van der Waals surface area contributed by atoms with Gasteiger partial charge in [-0.3, -0.25) is 4.79 Å². The van der Waals surface area contributed by atoms with Crippen LogP contribution in [-0.2, 0) is 11.2 Å². The second-order valence-electron chi connectivity index (χ2n) is 6.49. The first-order chi connectivity index (χ1) is 10.3. The zero-order chi connectivity index (χ0) is 14.5. The van der Waals surface area contributed by atoms with Gasteiger partial charge in [0.1, 0.15) is 0 Å². The predicted octanol–water partition coefficient (Wildman–Crippen LogP) is 3.02. The van der Waals surface area contributed by atoms with Crippen LogP contribution in [0.5, 0.6) is 0 Å². The molecular formula is C17H26N2OS. The lowest BCUT2D eigenvalue weighted by atomic mass is 10.1. The molecule has 0 radical (unpaired) electrons. The molecule has 0 bridgehead atoms. The van der Waals surface area contributed by atoms with Crippen molar-refractivity contribution in [1.29, 1.82) is 0 Å². The van der Waals surface area contributed by atoms with Crippen LogP contribution in [0.25, 0.3) is 0 Å². The Morgan fingerprint density at radius 1 is 1.24 bits per heavy atom. The van der Waals surface area contributed by atoms with E-state index in [1.165, 1.54) is 50.9 Å². The maximum atomic E-state index is 12.3. The standard InChI is InChI=1S/C17H26N2OS/c20-17(5-4-15-7-11-21-14-15)19-10-6-16(13-19)12-18-8-2-1-3-9-18/h7,11,14,16H,1-6,8-10,12-13H2/t16-/m0/s1. The summed E-state index contributed by atoms with van der Waals surface area (Å²) in [6.07, 6.45) is 6.88. The molecule has 116 valence electrons. The molecule has 3 rings (SSSR count). The van der Waals surface area contributed by atoms with E-state index in [1.54, 1.807) is 11.3 Å². The van der Waals surface area contributed by atoms with E-state index in [0.29, 0.717) is 18.2 Å². The third kappa shape index (κ3) is 4.30. The second-order valence-corrected chi connectivity index (χ2v) is 7.27. The van der Waals surface area contributed by atoms with Gasteiger partial charge in [-0.25, -0.2) is 0 Å². The molecule has 4 heteroatoms. The Hall–Kier alpha value is -0.870. The molecular weight excluding hydrogens is 280 g/mol. The molecule has 0 spiro atoms. The Kier molecular flexibility index (Phi) is 5.31. The van der Waals surface area contributed by atoms with E-state index in [1.807, 2.05) is 0 Å². The van der Waals surface area contributed by atoms with Crippen molar-refractivity contribution in [2.75, 3.05) is 32.7 Å². The average Bonchev–Trinajstić information content (AvgIpc) is 3.17. The number of thiophene rings is 1. The number of nitrogens with zero attached hydrogens (tertiary/aromatic N) is 2. The topological polar surface area (TPSA) is 23.6 Å². The number of carbonyl (C=O) groups excluding carboxylic acids is 1. The van der Waals surface area contributed by atoms with Crippen molar-refractivity contribution < 1.29 is 4.79 Å². The SMILES string of the molecule is O=C(CCc1ccsc1)N1CC[C@@H](CN2CCCCC2)C1. The normalized spacial score (nSPS) is 23.6. The zero-order valence-corrected chi connectivity index (χ0v) is 13.6. The molecule has 3 nitrogen and oxygen atoms in total. The van der Waals surface area contributed by atoms with E-state index in [-0.39, 0.29) is 0 Å². The molecule has 2 saturated heterocycles. The number of carbonyl (C=O) groups is 1. The number of amides is 1. The van der Waals surface area contributed by atoms with Crippen molar-refractivity contribution in [3.8, 4) is 0 Å². The Morgan fingerprint density at radius 3 is 2.86 bits per heavy atom. The van der Waals surface area contributed by atoms with Gasteiger partial charge in [0.25, 0.3) is 0 Å². The second kappa shape index (κ2) is 7.41. The Morgan fingerprint density at radius 2 is 2.10 bits per heavy atom. The monoisotopic (exact) mass is 306 g/mol. The largest absolute Gasteiger partial charge is 0.342 e. The van der Waals surface area contributed by atoms with Crippen molar-refractivity contribution in [2.24, 2.45) is 5.92 Å². The predicted molar refractivity (Wildman–Crippen MR) is 87.6 cm³/mol. The molecule has 3 heterocycles. The maximum absolute atomic E-state index is 12.3. The van der Waals surface area contributed by atoms with Crippen molar-refractivity contribution >= 4 is 17.2 Å². The Labute approximate surface area is 131 Å². The molecule has 2 fully saturated rings. The van der Waals surface area contributed by atoms with E-state index < -0.39 is 0 Å². The Balaban J connectivity index is 1.40. The molecule has 0 saturated carbocycles. The summed E-state index contributed by atoms with van der Waals surface area (Å²) in [5.74, 6) is 1.05. The summed E-state index contributed by atoms with van der Waals surface area (Å²) in [6.45, 7) is 5.69. The van der Waals surface area contributed by atoms with Crippen LogP contribution < -0.4 is 0 Å². The van der Waals surface area contributed by atoms with Crippen LogP contribution in [0, 0.1) is 5.92 Å². The van der Waals surface area contributed by atoms with Gasteiger partial charge in [-0.15, -0.1) is 0 Å². The lowest BCUT2D eigenvalue weighted by Gasteiger charge is -2.29. The zero-order valence-electron chi connectivity index (χ0n) is 12.8. The maximum Gasteiger partial charge on any atom is 0.222 e. The number of hydrogen-bond acceptors (Lipinski definition) is 3. The summed E-state index contributed by atoms with van der Waals surface area (Å²) in [7, 11) is 0. The quantitative estimate of drug-likeness (QED) is 0.835. The average molecular weight is 306 g/mol. The summed E-state index contributed by atoms with van der Waals surface area (Å²) >= 11 is 1.71. The van der Waals surface area contributed by atoms with E-state index in [4.69, 9.17) is 0 Å². The third-order valence-electron chi connectivity index (χ3n) is 4.81. The molecule has 0 unspecified atom stereocenters. The van der Waals surface area contributed by atoms with Crippen molar-refractivity contribution in [1.82, 2.24) is 9.80 Å². The van der Waals surface area contributed by atoms with Crippen LogP contribution in [0.3, 0.4) is 0 Å². The number of hydrogen-bond donors (Lipinski definition) is 0. The highest BCUT2D eigenvalue weighted by Crippen LogP contribution is 2.21. The molecule has 0 N–H and O–H groups in total. The minimum atomic E-state index is 0.349. The van der Waals surface area contributed by atoms with Gasteiger partial charge in [0.15, 0.2) is 0 Å². The van der Waals surface area contributed by atoms with Gasteiger partial charge < -0.3 is 9.80 Å². The number of rotatable bonds is 5. The number of likely N-dealkylation sites (tertiary alicyclic amines) is 2. The summed E-state index contributed by atoms with van der Waals surface area (Å²) < 4.78 is 0. The summed E-state index contributed by atoms with van der Waals surface area (Å²) in [5.41, 5.74) is 1.30. The molecule has 1 aromatic heterocycles. The molecule has 0 aliphatic carbocycles. The van der Waals surface area contributed by atoms with Crippen LogP contribution in [0.15, 0.2) is 16.8 Å². The lowest BCUT2D eigenvalue weighted by molar-refractivity contribution is -0.130. The summed E-state index contributed by atoms with van der Waals surface area (Å²) in [6, 6.07) is 2.13. The number of aryl methyl sites for hydroxylation is 1. The number of piperidine rings is 1. The first-order valence-corrected chi connectivity index (χ1v) is 9.27. The lowest BCUT2D eigenvalue weighted by Crippen LogP contribution is -2.36. The molecule has 1 atom stereocenters. The van der Waals surface area contributed by atoms with Crippen molar-refractivity contribution in [3.05, 3.63) is 22.4 Å². The fourth-order valence-corrected chi connectivity index (χ4v) is 4.26. The fourth-order valence-electron chi connectivity index (χ4n) is 3.56. The van der Waals surface area contributed by atoms with E-state index >= 15 is 0 Å². The van der Waals surface area contributed by atoms with Crippen LogP contribution >= 0.6 is 11.3 Å². The molecule has 21 heavy (non-hydrogen) atoms. The smallest absolute Gasteiger partial charge is 0.222 e. The molecule has 1 aromatic rings. The van der Waals surface area contributed by atoms with Gasteiger partial charge in [-0.1, -0.05) is 6.42 Å². The van der Waals surface area contributed by atoms with Crippen molar-refractivity contribution in [3.63, 3.8) is 0 Å². The fraction of sp³-hybridized carbons (Fsp3) is 0.706. The summed E-state index contributed by atoms with van der Waals surface area (Å²) in [5, 5.41) is 4.24. The minimum Gasteiger partial charge on any atom is -0.342 e. The van der Waals surface area contributed by atoms with Gasteiger partial charge in [-0.05, 0) is 67.1 Å². The van der Waals surface area contributed by atoms with Crippen LogP contribution in [-0.4, -0.2) is 48.4 Å². The molecule has 2 aliphatic heterocycles. The van der Waals surface area contributed by atoms with Gasteiger partial charge in [0.2, 0.25) is 5.91 Å². The minimum absolute atomic E-state index is 0.349. The highest BCUT2D eigenvalue weighted by Gasteiger charge is 2.27. The van der Waals surface area contributed by atoms with Gasteiger partial charge in [0.05, 0.1) is 0 Å². The molecule has 2 aliphatic rings.